The van der Waals surface area contributed by atoms with Crippen LogP contribution in [0.15, 0.2) is 18.2 Å². The summed E-state index contributed by atoms with van der Waals surface area (Å²) in [6, 6.07) is 5.44. The molecule has 0 radical (unpaired) electrons. The molecule has 0 aliphatic carbocycles. The summed E-state index contributed by atoms with van der Waals surface area (Å²) in [7, 11) is 3.46. The second-order valence-electron chi connectivity index (χ2n) is 2.09. The van der Waals surface area contributed by atoms with E-state index >= 15 is 0 Å². The fraction of sp³-hybridized carbons (Fsp3) is 0.400. The monoisotopic (exact) mass is 201 g/mol. The predicted molar refractivity (Wildman–Crippen MR) is 58.9 cm³/mol. The zero-order chi connectivity index (χ0) is 10.3. The first-order chi connectivity index (χ1) is 6.27. The van der Waals surface area contributed by atoms with E-state index in [0.29, 0.717) is 5.02 Å². The molecule has 0 saturated carbocycles. The molecule has 0 heterocycles. The van der Waals surface area contributed by atoms with Crippen molar-refractivity contribution in [3.63, 3.8) is 0 Å². The topological polar surface area (TPSA) is 21.3 Å². The second kappa shape index (κ2) is 6.61. The Labute approximate surface area is 84.9 Å². The van der Waals surface area contributed by atoms with Crippen molar-refractivity contribution in [1.82, 2.24) is 0 Å². The SMILES string of the molecule is CC.CNc1cc(Cl)ccc1OC. The summed E-state index contributed by atoms with van der Waals surface area (Å²) in [5.41, 5.74) is 0.903. The molecule has 0 unspecified atom stereocenters. The van der Waals surface area contributed by atoms with Gasteiger partial charge < -0.3 is 10.1 Å². The van der Waals surface area contributed by atoms with Gasteiger partial charge in [-0.3, -0.25) is 0 Å². The number of halogens is 1. The van der Waals surface area contributed by atoms with Gasteiger partial charge in [0.15, 0.2) is 0 Å². The molecule has 1 N–H and O–H groups in total. The highest BCUT2D eigenvalue weighted by Gasteiger charge is 1.99. The average molecular weight is 202 g/mol. The van der Waals surface area contributed by atoms with Crippen LogP contribution in [0.2, 0.25) is 5.02 Å². The minimum atomic E-state index is 0.704. The molecular weight excluding hydrogens is 186 g/mol. The Morgan fingerprint density at radius 2 is 1.92 bits per heavy atom. The molecule has 0 saturated heterocycles. The summed E-state index contributed by atoms with van der Waals surface area (Å²) in [5.74, 6) is 0.803. The highest BCUT2D eigenvalue weighted by Crippen LogP contribution is 2.26. The Bertz CT molecular complexity index is 251. The molecule has 0 bridgehead atoms. The smallest absolute Gasteiger partial charge is 0.142 e. The van der Waals surface area contributed by atoms with Gasteiger partial charge in [0.1, 0.15) is 5.75 Å². The number of benzene rings is 1. The Morgan fingerprint density at radius 1 is 1.31 bits per heavy atom. The second-order valence-corrected chi connectivity index (χ2v) is 2.53. The van der Waals surface area contributed by atoms with E-state index in [1.807, 2.05) is 33.0 Å². The van der Waals surface area contributed by atoms with Crippen LogP contribution in [0.4, 0.5) is 5.69 Å². The van der Waals surface area contributed by atoms with Crippen molar-refractivity contribution >= 4 is 17.3 Å². The third kappa shape index (κ3) is 3.55. The van der Waals surface area contributed by atoms with Gasteiger partial charge in [-0.15, -0.1) is 0 Å². The molecule has 0 atom stereocenters. The highest BCUT2D eigenvalue weighted by atomic mass is 35.5. The van der Waals surface area contributed by atoms with E-state index in [2.05, 4.69) is 5.32 Å². The van der Waals surface area contributed by atoms with Crippen molar-refractivity contribution in [3.05, 3.63) is 23.2 Å². The molecule has 2 nitrogen and oxygen atoms in total. The van der Waals surface area contributed by atoms with Gasteiger partial charge in [0.2, 0.25) is 0 Å². The molecule has 0 amide bonds. The highest BCUT2D eigenvalue weighted by molar-refractivity contribution is 6.30. The van der Waals surface area contributed by atoms with Crippen molar-refractivity contribution in [3.8, 4) is 5.75 Å². The molecule has 13 heavy (non-hydrogen) atoms. The summed E-state index contributed by atoms with van der Waals surface area (Å²) in [5, 5.41) is 3.68. The van der Waals surface area contributed by atoms with Gasteiger partial charge in [-0.05, 0) is 18.2 Å². The number of hydrogen-bond acceptors (Lipinski definition) is 2. The van der Waals surface area contributed by atoms with Crippen LogP contribution in [0.1, 0.15) is 13.8 Å². The quantitative estimate of drug-likeness (QED) is 0.792. The van der Waals surface area contributed by atoms with E-state index in [0.717, 1.165) is 11.4 Å². The molecule has 0 aliphatic rings. The number of rotatable bonds is 2. The zero-order valence-electron chi connectivity index (χ0n) is 8.52. The molecule has 1 aromatic rings. The van der Waals surface area contributed by atoms with Gasteiger partial charge in [-0.25, -0.2) is 0 Å². The fourth-order valence-corrected chi connectivity index (χ4v) is 1.05. The van der Waals surface area contributed by atoms with Crippen LogP contribution in [0.25, 0.3) is 0 Å². The van der Waals surface area contributed by atoms with Crippen LogP contribution in [-0.4, -0.2) is 14.2 Å². The number of ether oxygens (including phenoxy) is 1. The third-order valence-electron chi connectivity index (χ3n) is 1.43. The van der Waals surface area contributed by atoms with E-state index in [-0.39, 0.29) is 0 Å². The lowest BCUT2D eigenvalue weighted by atomic mass is 10.3. The van der Waals surface area contributed by atoms with Crippen LogP contribution < -0.4 is 10.1 Å². The van der Waals surface area contributed by atoms with Crippen molar-refractivity contribution in [2.24, 2.45) is 0 Å². The Hall–Kier alpha value is -0.890. The van der Waals surface area contributed by atoms with Crippen LogP contribution in [0.5, 0.6) is 5.75 Å². The lowest BCUT2D eigenvalue weighted by Crippen LogP contribution is -1.92. The van der Waals surface area contributed by atoms with Gasteiger partial charge in [0, 0.05) is 12.1 Å². The lowest BCUT2D eigenvalue weighted by molar-refractivity contribution is 0.416. The molecule has 0 aliphatic heterocycles. The largest absolute Gasteiger partial charge is 0.495 e. The van der Waals surface area contributed by atoms with Crippen LogP contribution in [0.3, 0.4) is 0 Å². The Morgan fingerprint density at radius 3 is 2.38 bits per heavy atom. The normalized spacial score (nSPS) is 8.38. The molecule has 3 heteroatoms. The molecule has 0 spiro atoms. The average Bonchev–Trinajstić information content (AvgIpc) is 2.20. The minimum Gasteiger partial charge on any atom is -0.495 e. The van der Waals surface area contributed by atoms with Crippen molar-refractivity contribution in [2.75, 3.05) is 19.5 Å². The number of anilines is 1. The zero-order valence-corrected chi connectivity index (χ0v) is 9.27. The maximum absolute atomic E-state index is 5.76. The van der Waals surface area contributed by atoms with Crippen LogP contribution >= 0.6 is 11.6 Å². The summed E-state index contributed by atoms with van der Waals surface area (Å²) in [6.45, 7) is 4.00. The van der Waals surface area contributed by atoms with E-state index in [1.165, 1.54) is 0 Å². The van der Waals surface area contributed by atoms with Crippen LogP contribution in [-0.2, 0) is 0 Å². The minimum absolute atomic E-state index is 0.704. The predicted octanol–water partition coefficient (Wildman–Crippen LogP) is 3.42. The summed E-state index contributed by atoms with van der Waals surface area (Å²) in [4.78, 5) is 0. The van der Waals surface area contributed by atoms with Gasteiger partial charge in [0.25, 0.3) is 0 Å². The summed E-state index contributed by atoms with van der Waals surface area (Å²) < 4.78 is 5.07. The summed E-state index contributed by atoms with van der Waals surface area (Å²) in [6.07, 6.45) is 0. The fourth-order valence-electron chi connectivity index (χ4n) is 0.876. The Kier molecular flexibility index (Phi) is 6.15. The first-order valence-corrected chi connectivity index (χ1v) is 4.67. The molecule has 74 valence electrons. The lowest BCUT2D eigenvalue weighted by Gasteiger charge is -2.06. The van der Waals surface area contributed by atoms with Gasteiger partial charge >= 0.3 is 0 Å². The number of nitrogens with one attached hydrogen (secondary N) is 1. The standard InChI is InChI=1S/C8H10ClNO.C2H6/c1-10-7-5-6(9)3-4-8(7)11-2;1-2/h3-5,10H,1-2H3;1-2H3. The van der Waals surface area contributed by atoms with Crippen molar-refractivity contribution in [1.29, 1.82) is 0 Å². The first-order valence-electron chi connectivity index (χ1n) is 4.29. The maximum Gasteiger partial charge on any atom is 0.142 e. The van der Waals surface area contributed by atoms with E-state index in [4.69, 9.17) is 16.3 Å². The first kappa shape index (κ1) is 12.1. The molecular formula is C10H16ClNO. The number of methoxy groups -OCH3 is 1. The molecule has 1 aromatic carbocycles. The third-order valence-corrected chi connectivity index (χ3v) is 1.67. The van der Waals surface area contributed by atoms with Gasteiger partial charge in [-0.2, -0.15) is 0 Å². The van der Waals surface area contributed by atoms with E-state index in [1.54, 1.807) is 13.2 Å². The van der Waals surface area contributed by atoms with Crippen LogP contribution in [0, 0.1) is 0 Å². The van der Waals surface area contributed by atoms with E-state index in [9.17, 15) is 0 Å². The molecule has 0 aromatic heterocycles. The molecule has 0 fully saturated rings. The maximum atomic E-state index is 5.76. The van der Waals surface area contributed by atoms with Gasteiger partial charge in [0.05, 0.1) is 12.8 Å². The van der Waals surface area contributed by atoms with Crippen molar-refractivity contribution < 1.29 is 4.74 Å². The molecule has 1 rings (SSSR count). The van der Waals surface area contributed by atoms with E-state index < -0.39 is 0 Å². The van der Waals surface area contributed by atoms with Crippen molar-refractivity contribution in [2.45, 2.75) is 13.8 Å². The summed E-state index contributed by atoms with van der Waals surface area (Å²) >= 11 is 5.76. The van der Waals surface area contributed by atoms with Gasteiger partial charge in [-0.1, -0.05) is 25.4 Å². The number of hydrogen-bond donors (Lipinski definition) is 1. The Balaban J connectivity index is 0.000000671.